The zero-order valence-electron chi connectivity index (χ0n) is 18.4. The molecule has 4 nitrogen and oxygen atoms in total. The maximum atomic E-state index is 13.3. The topological polar surface area (TPSA) is 49.4 Å². The zero-order valence-corrected chi connectivity index (χ0v) is 18.4. The van der Waals surface area contributed by atoms with Crippen molar-refractivity contribution in [2.45, 2.75) is 72.5 Å². The normalized spacial score (nSPS) is 12.9. The Morgan fingerprint density at radius 2 is 1.62 bits per heavy atom. The highest BCUT2D eigenvalue weighted by Gasteiger charge is 2.29. The second-order valence-corrected chi connectivity index (χ2v) is 7.85. The van der Waals surface area contributed by atoms with E-state index >= 15 is 0 Å². The van der Waals surface area contributed by atoms with E-state index in [9.17, 15) is 9.59 Å². The van der Waals surface area contributed by atoms with E-state index in [1.165, 1.54) is 0 Å². The van der Waals surface area contributed by atoms with Gasteiger partial charge in [-0.2, -0.15) is 0 Å². The van der Waals surface area contributed by atoms with E-state index < -0.39 is 6.04 Å². The average Bonchev–Trinajstić information content (AvgIpc) is 2.70. The largest absolute Gasteiger partial charge is 0.352 e. The Balaban J connectivity index is 2.30. The molecule has 1 N–H and O–H groups in total. The molecule has 0 unspecified atom stereocenters. The van der Waals surface area contributed by atoms with Gasteiger partial charge in [0.2, 0.25) is 11.8 Å². The first-order valence-electron chi connectivity index (χ1n) is 10.6. The number of rotatable bonds is 9. The number of aryl methyl sites for hydroxylation is 2. The molecule has 0 aliphatic heterocycles. The van der Waals surface area contributed by atoms with E-state index in [1.54, 1.807) is 4.90 Å². The molecule has 2 rings (SSSR count). The van der Waals surface area contributed by atoms with Crippen molar-refractivity contribution in [3.63, 3.8) is 0 Å². The predicted molar refractivity (Wildman–Crippen MR) is 119 cm³/mol. The van der Waals surface area contributed by atoms with Gasteiger partial charge in [-0.05, 0) is 50.3 Å². The van der Waals surface area contributed by atoms with Crippen molar-refractivity contribution in [3.8, 4) is 0 Å². The van der Waals surface area contributed by atoms with Gasteiger partial charge in [-0.15, -0.1) is 0 Å². The lowest BCUT2D eigenvalue weighted by molar-refractivity contribution is -0.141. The molecule has 0 spiro atoms. The molecule has 0 aliphatic rings. The fourth-order valence-corrected chi connectivity index (χ4v) is 3.31. The number of benzene rings is 2. The van der Waals surface area contributed by atoms with Crippen LogP contribution in [0.2, 0.25) is 0 Å². The number of amides is 2. The monoisotopic (exact) mass is 394 g/mol. The van der Waals surface area contributed by atoms with Gasteiger partial charge in [0.15, 0.2) is 0 Å². The molecular weight excluding hydrogens is 360 g/mol. The molecule has 0 heterocycles. The summed E-state index contributed by atoms with van der Waals surface area (Å²) in [4.78, 5) is 28.0. The van der Waals surface area contributed by atoms with Crippen LogP contribution in [0.25, 0.3) is 0 Å². The van der Waals surface area contributed by atoms with E-state index in [4.69, 9.17) is 0 Å². The van der Waals surface area contributed by atoms with Crippen LogP contribution in [0.15, 0.2) is 48.5 Å². The zero-order chi connectivity index (χ0) is 21.4. The van der Waals surface area contributed by atoms with E-state index in [0.29, 0.717) is 19.4 Å². The standard InChI is InChI=1S/C25H34N2O2/c1-6-20(5)26-25(29)23(7-2)27(17-22-11-9-8-10-19(22)4)24(28)16-21-14-12-18(3)13-15-21/h8-15,20,23H,6-7,16-17H2,1-5H3,(H,26,29)/t20-,23+/m1/s1. The molecule has 29 heavy (non-hydrogen) atoms. The highest BCUT2D eigenvalue weighted by Crippen LogP contribution is 2.17. The summed E-state index contributed by atoms with van der Waals surface area (Å²) in [5.41, 5.74) is 4.32. The summed E-state index contributed by atoms with van der Waals surface area (Å²) >= 11 is 0. The Kier molecular flexibility index (Phi) is 8.44. The lowest BCUT2D eigenvalue weighted by Gasteiger charge is -2.32. The van der Waals surface area contributed by atoms with Crippen molar-refractivity contribution >= 4 is 11.8 Å². The smallest absolute Gasteiger partial charge is 0.243 e. The van der Waals surface area contributed by atoms with Gasteiger partial charge in [-0.1, -0.05) is 67.9 Å². The van der Waals surface area contributed by atoms with E-state index in [-0.39, 0.29) is 17.9 Å². The van der Waals surface area contributed by atoms with Gasteiger partial charge in [-0.25, -0.2) is 0 Å². The van der Waals surface area contributed by atoms with Crippen LogP contribution in [0.5, 0.6) is 0 Å². The number of nitrogens with one attached hydrogen (secondary N) is 1. The van der Waals surface area contributed by atoms with Gasteiger partial charge < -0.3 is 10.2 Å². The molecular formula is C25H34N2O2. The molecule has 0 saturated carbocycles. The summed E-state index contributed by atoms with van der Waals surface area (Å²) in [7, 11) is 0. The minimum atomic E-state index is -0.485. The third kappa shape index (κ3) is 6.45. The molecule has 0 saturated heterocycles. The number of hydrogen-bond donors (Lipinski definition) is 1. The molecule has 2 aromatic carbocycles. The van der Waals surface area contributed by atoms with Crippen LogP contribution in [-0.2, 0) is 22.6 Å². The fourth-order valence-electron chi connectivity index (χ4n) is 3.31. The second-order valence-electron chi connectivity index (χ2n) is 7.85. The molecule has 156 valence electrons. The van der Waals surface area contributed by atoms with Gasteiger partial charge in [-0.3, -0.25) is 9.59 Å². The van der Waals surface area contributed by atoms with Crippen LogP contribution >= 0.6 is 0 Å². The van der Waals surface area contributed by atoms with Crippen molar-refractivity contribution in [1.82, 2.24) is 10.2 Å². The van der Waals surface area contributed by atoms with Crippen molar-refractivity contribution < 1.29 is 9.59 Å². The molecule has 0 aromatic heterocycles. The number of hydrogen-bond acceptors (Lipinski definition) is 2. The lowest BCUT2D eigenvalue weighted by Crippen LogP contribution is -2.51. The predicted octanol–water partition coefficient (Wildman–Crippen LogP) is 4.57. The van der Waals surface area contributed by atoms with Crippen LogP contribution in [0.4, 0.5) is 0 Å². The van der Waals surface area contributed by atoms with E-state index in [1.807, 2.05) is 83.1 Å². The van der Waals surface area contributed by atoms with Crippen molar-refractivity contribution in [3.05, 3.63) is 70.8 Å². The highest BCUT2D eigenvalue weighted by molar-refractivity contribution is 5.88. The number of carbonyl (C=O) groups excluding carboxylic acids is 2. The first kappa shape index (κ1) is 22.7. The third-order valence-corrected chi connectivity index (χ3v) is 5.46. The van der Waals surface area contributed by atoms with Crippen LogP contribution in [0, 0.1) is 13.8 Å². The maximum absolute atomic E-state index is 13.3. The lowest BCUT2D eigenvalue weighted by atomic mass is 10.0. The summed E-state index contributed by atoms with van der Waals surface area (Å²) in [6, 6.07) is 15.6. The quantitative estimate of drug-likeness (QED) is 0.677. The summed E-state index contributed by atoms with van der Waals surface area (Å²) in [6.07, 6.45) is 1.73. The van der Waals surface area contributed by atoms with E-state index in [0.717, 1.165) is 28.7 Å². The van der Waals surface area contributed by atoms with Gasteiger partial charge in [0.05, 0.1) is 6.42 Å². The van der Waals surface area contributed by atoms with Crippen LogP contribution in [-0.4, -0.2) is 28.8 Å². The molecule has 2 amide bonds. The molecule has 0 aliphatic carbocycles. The van der Waals surface area contributed by atoms with Gasteiger partial charge in [0.25, 0.3) is 0 Å². The molecule has 2 aromatic rings. The van der Waals surface area contributed by atoms with Gasteiger partial charge in [0, 0.05) is 12.6 Å². The molecule has 0 bridgehead atoms. The summed E-state index contributed by atoms with van der Waals surface area (Å²) in [5, 5.41) is 3.05. The van der Waals surface area contributed by atoms with Gasteiger partial charge in [0.1, 0.15) is 6.04 Å². The highest BCUT2D eigenvalue weighted by atomic mass is 16.2. The Morgan fingerprint density at radius 1 is 0.966 bits per heavy atom. The van der Waals surface area contributed by atoms with E-state index in [2.05, 4.69) is 5.32 Å². The van der Waals surface area contributed by atoms with Crippen molar-refractivity contribution in [2.75, 3.05) is 0 Å². The number of nitrogens with zero attached hydrogens (tertiary/aromatic N) is 1. The summed E-state index contributed by atoms with van der Waals surface area (Å²) in [6.45, 7) is 10.5. The van der Waals surface area contributed by atoms with Crippen LogP contribution in [0.3, 0.4) is 0 Å². The second kappa shape index (κ2) is 10.8. The Bertz CT molecular complexity index is 814. The summed E-state index contributed by atoms with van der Waals surface area (Å²) < 4.78 is 0. The first-order chi connectivity index (χ1) is 13.8. The minimum absolute atomic E-state index is 0.0248. The maximum Gasteiger partial charge on any atom is 0.243 e. The minimum Gasteiger partial charge on any atom is -0.352 e. The molecule has 4 heteroatoms. The average molecular weight is 395 g/mol. The first-order valence-corrected chi connectivity index (χ1v) is 10.6. The van der Waals surface area contributed by atoms with Crippen LogP contribution in [0.1, 0.15) is 55.9 Å². The van der Waals surface area contributed by atoms with Gasteiger partial charge >= 0.3 is 0 Å². The van der Waals surface area contributed by atoms with Crippen molar-refractivity contribution in [2.24, 2.45) is 0 Å². The SMILES string of the molecule is CC[C@@H](C)NC(=O)[C@H](CC)N(Cc1ccccc1C)C(=O)Cc1ccc(C)cc1. The number of carbonyl (C=O) groups is 2. The molecule has 0 radical (unpaired) electrons. The Morgan fingerprint density at radius 3 is 2.21 bits per heavy atom. The van der Waals surface area contributed by atoms with Crippen LogP contribution < -0.4 is 5.32 Å². The third-order valence-electron chi connectivity index (χ3n) is 5.46. The molecule has 0 fully saturated rings. The fraction of sp³-hybridized carbons (Fsp3) is 0.440. The summed E-state index contributed by atoms with van der Waals surface area (Å²) in [5.74, 6) is -0.101. The molecule has 2 atom stereocenters. The Labute approximate surface area is 175 Å². The Hall–Kier alpha value is -2.62. The van der Waals surface area contributed by atoms with Crippen molar-refractivity contribution in [1.29, 1.82) is 0 Å².